The number of aliphatic carboxylic acids is 1. The lowest BCUT2D eigenvalue weighted by Crippen LogP contribution is -2.03. The van der Waals surface area contributed by atoms with Crippen LogP contribution in [0.25, 0.3) is 5.69 Å². The van der Waals surface area contributed by atoms with E-state index in [1.54, 1.807) is 30.5 Å². The zero-order valence-corrected chi connectivity index (χ0v) is 11.2. The molecule has 1 heterocycles. The molecule has 0 spiro atoms. The Morgan fingerprint density at radius 1 is 1.42 bits per heavy atom. The molecule has 0 aliphatic carbocycles. The zero-order valence-electron chi connectivity index (χ0n) is 10.4. The lowest BCUT2D eigenvalue weighted by molar-refractivity contribution is -0.133. The predicted molar refractivity (Wildman–Crippen MR) is 69.2 cm³/mol. The quantitative estimate of drug-likeness (QED) is 0.870. The van der Waals surface area contributed by atoms with Gasteiger partial charge in [0.25, 0.3) is 0 Å². The second-order valence-electron chi connectivity index (χ2n) is 3.98. The van der Waals surface area contributed by atoms with Crippen LogP contribution in [0.3, 0.4) is 0 Å². The van der Waals surface area contributed by atoms with Crippen LogP contribution in [0.4, 0.5) is 4.39 Å². The molecule has 0 aliphatic rings. The van der Waals surface area contributed by atoms with Crippen LogP contribution in [0.15, 0.2) is 23.4 Å². The van der Waals surface area contributed by atoms with Gasteiger partial charge in [-0.3, -0.25) is 9.36 Å². The summed E-state index contributed by atoms with van der Waals surface area (Å²) in [7, 11) is 0. The van der Waals surface area contributed by atoms with Crippen LogP contribution < -0.4 is 0 Å². The first-order valence-corrected chi connectivity index (χ1v) is 6.50. The van der Waals surface area contributed by atoms with Crippen LogP contribution in [0, 0.1) is 19.7 Å². The molecule has 19 heavy (non-hydrogen) atoms. The van der Waals surface area contributed by atoms with Gasteiger partial charge in [0.15, 0.2) is 5.16 Å². The molecule has 1 N–H and O–H groups in total. The van der Waals surface area contributed by atoms with Gasteiger partial charge in [-0.05, 0) is 37.6 Å². The number of benzene rings is 1. The third kappa shape index (κ3) is 2.93. The highest BCUT2D eigenvalue weighted by Gasteiger charge is 2.13. The SMILES string of the molecule is Cc1cc(-n2c(C)nnc2SCC(=O)O)ccc1F. The van der Waals surface area contributed by atoms with Crippen LogP contribution in [0.1, 0.15) is 11.4 Å². The predicted octanol–water partition coefficient (Wildman–Crippen LogP) is 2.20. The van der Waals surface area contributed by atoms with E-state index < -0.39 is 5.97 Å². The minimum absolute atomic E-state index is 0.0989. The zero-order chi connectivity index (χ0) is 14.0. The molecule has 100 valence electrons. The van der Waals surface area contributed by atoms with E-state index in [2.05, 4.69) is 10.2 Å². The van der Waals surface area contributed by atoms with Gasteiger partial charge in [0.05, 0.1) is 5.75 Å². The molecular weight excluding hydrogens is 269 g/mol. The number of carboxylic acids is 1. The average Bonchev–Trinajstić information content (AvgIpc) is 2.71. The fraction of sp³-hybridized carbons (Fsp3) is 0.250. The molecule has 2 rings (SSSR count). The van der Waals surface area contributed by atoms with Crippen molar-refractivity contribution >= 4 is 17.7 Å². The van der Waals surface area contributed by atoms with E-state index in [-0.39, 0.29) is 11.6 Å². The number of aryl methyl sites for hydroxylation is 2. The van der Waals surface area contributed by atoms with Gasteiger partial charge in [0.2, 0.25) is 0 Å². The van der Waals surface area contributed by atoms with Crippen molar-refractivity contribution in [3.8, 4) is 5.69 Å². The molecule has 0 bridgehead atoms. The van der Waals surface area contributed by atoms with Crippen molar-refractivity contribution in [3.05, 3.63) is 35.4 Å². The number of carboxylic acid groups (broad SMARTS) is 1. The van der Waals surface area contributed by atoms with Gasteiger partial charge in [0.1, 0.15) is 11.6 Å². The minimum atomic E-state index is -0.924. The molecule has 0 aliphatic heterocycles. The molecule has 7 heteroatoms. The third-order valence-electron chi connectivity index (χ3n) is 2.52. The van der Waals surface area contributed by atoms with Crippen LogP contribution in [0.5, 0.6) is 0 Å². The van der Waals surface area contributed by atoms with E-state index in [0.29, 0.717) is 22.2 Å². The smallest absolute Gasteiger partial charge is 0.313 e. The van der Waals surface area contributed by atoms with Gasteiger partial charge in [-0.2, -0.15) is 0 Å². The number of hydrogen-bond donors (Lipinski definition) is 1. The van der Waals surface area contributed by atoms with Crippen molar-refractivity contribution in [2.24, 2.45) is 0 Å². The molecule has 5 nitrogen and oxygen atoms in total. The van der Waals surface area contributed by atoms with Crippen molar-refractivity contribution in [1.82, 2.24) is 14.8 Å². The van der Waals surface area contributed by atoms with Gasteiger partial charge in [-0.15, -0.1) is 10.2 Å². The van der Waals surface area contributed by atoms with E-state index in [1.807, 2.05) is 0 Å². The molecule has 1 aromatic heterocycles. The highest BCUT2D eigenvalue weighted by molar-refractivity contribution is 7.99. The second-order valence-corrected chi connectivity index (χ2v) is 4.92. The van der Waals surface area contributed by atoms with Gasteiger partial charge in [-0.1, -0.05) is 11.8 Å². The number of rotatable bonds is 4. The Bertz CT molecular complexity index is 627. The van der Waals surface area contributed by atoms with E-state index in [9.17, 15) is 9.18 Å². The highest BCUT2D eigenvalue weighted by Crippen LogP contribution is 2.22. The Morgan fingerprint density at radius 2 is 2.16 bits per heavy atom. The van der Waals surface area contributed by atoms with Gasteiger partial charge in [0, 0.05) is 5.69 Å². The molecule has 0 atom stereocenters. The van der Waals surface area contributed by atoms with Crippen molar-refractivity contribution in [1.29, 1.82) is 0 Å². The minimum Gasteiger partial charge on any atom is -0.481 e. The molecule has 0 saturated carbocycles. The second kappa shape index (κ2) is 5.40. The maximum absolute atomic E-state index is 13.3. The Hall–Kier alpha value is -1.89. The fourth-order valence-corrected chi connectivity index (χ4v) is 2.35. The summed E-state index contributed by atoms with van der Waals surface area (Å²) in [6.07, 6.45) is 0. The van der Waals surface area contributed by atoms with Crippen molar-refractivity contribution in [2.75, 3.05) is 5.75 Å². The number of hydrogen-bond acceptors (Lipinski definition) is 4. The third-order valence-corrected chi connectivity index (χ3v) is 3.43. The normalized spacial score (nSPS) is 10.7. The van der Waals surface area contributed by atoms with Crippen LogP contribution in [-0.2, 0) is 4.79 Å². The standard InChI is InChI=1S/C12H12FN3O2S/c1-7-5-9(3-4-10(7)13)16-8(2)14-15-12(16)19-6-11(17)18/h3-5H,6H2,1-2H3,(H,17,18). The lowest BCUT2D eigenvalue weighted by atomic mass is 10.2. The van der Waals surface area contributed by atoms with Gasteiger partial charge >= 0.3 is 5.97 Å². The molecule has 0 saturated heterocycles. The molecule has 1 aromatic carbocycles. The van der Waals surface area contributed by atoms with Crippen molar-refractivity contribution in [2.45, 2.75) is 19.0 Å². The van der Waals surface area contributed by atoms with Crippen LogP contribution >= 0.6 is 11.8 Å². The molecule has 0 unspecified atom stereocenters. The number of aromatic nitrogens is 3. The lowest BCUT2D eigenvalue weighted by Gasteiger charge is -2.08. The highest BCUT2D eigenvalue weighted by atomic mass is 32.2. The summed E-state index contributed by atoms with van der Waals surface area (Å²) in [6.45, 7) is 3.43. The maximum Gasteiger partial charge on any atom is 0.313 e. The van der Waals surface area contributed by atoms with Crippen LogP contribution in [0.2, 0.25) is 0 Å². The Labute approximate surface area is 113 Å². The summed E-state index contributed by atoms with van der Waals surface area (Å²) in [5, 5.41) is 17.0. The van der Waals surface area contributed by atoms with Crippen molar-refractivity contribution < 1.29 is 14.3 Å². The largest absolute Gasteiger partial charge is 0.481 e. The Morgan fingerprint density at radius 3 is 2.79 bits per heavy atom. The molecule has 2 aromatic rings. The monoisotopic (exact) mass is 281 g/mol. The Kier molecular flexibility index (Phi) is 3.84. The average molecular weight is 281 g/mol. The number of carbonyl (C=O) groups is 1. The molecular formula is C12H12FN3O2S. The summed E-state index contributed by atoms with van der Waals surface area (Å²) in [6, 6.07) is 4.66. The van der Waals surface area contributed by atoms with Gasteiger partial charge < -0.3 is 5.11 Å². The molecule has 0 radical (unpaired) electrons. The maximum atomic E-state index is 13.3. The van der Waals surface area contributed by atoms with Gasteiger partial charge in [-0.25, -0.2) is 4.39 Å². The summed E-state index contributed by atoms with van der Waals surface area (Å²) in [5.41, 5.74) is 1.23. The first-order chi connectivity index (χ1) is 8.99. The number of halogens is 1. The number of thioether (sulfide) groups is 1. The van der Waals surface area contributed by atoms with E-state index in [0.717, 1.165) is 11.8 Å². The van der Waals surface area contributed by atoms with E-state index in [1.165, 1.54) is 6.07 Å². The summed E-state index contributed by atoms with van der Waals surface area (Å²) in [5.74, 6) is -0.682. The number of nitrogens with zero attached hydrogens (tertiary/aromatic N) is 3. The molecule has 0 fully saturated rings. The van der Waals surface area contributed by atoms with E-state index in [4.69, 9.17) is 5.11 Å². The van der Waals surface area contributed by atoms with Crippen molar-refractivity contribution in [3.63, 3.8) is 0 Å². The summed E-state index contributed by atoms with van der Waals surface area (Å²) >= 11 is 1.08. The topological polar surface area (TPSA) is 68.0 Å². The van der Waals surface area contributed by atoms with Crippen LogP contribution in [-0.4, -0.2) is 31.6 Å². The first-order valence-electron chi connectivity index (χ1n) is 5.52. The summed E-state index contributed by atoms with van der Waals surface area (Å²) in [4.78, 5) is 10.6. The molecule has 0 amide bonds. The fourth-order valence-electron chi connectivity index (χ4n) is 1.63. The van der Waals surface area contributed by atoms with E-state index >= 15 is 0 Å². The first kappa shape index (κ1) is 13.5. The Balaban J connectivity index is 2.40. The summed E-state index contributed by atoms with van der Waals surface area (Å²) < 4.78 is 15.0.